The number of allylic oxidation sites excluding steroid dienone is 6. The predicted molar refractivity (Wildman–Crippen MR) is 195 cm³/mol. The fraction of sp³-hybridized carbons (Fsp3) is 0.220. The van der Waals surface area contributed by atoms with Crippen LogP contribution < -0.4 is 19.2 Å². The zero-order valence-electron chi connectivity index (χ0n) is 28.4. The number of fused-ring (bicyclic) bond motifs is 1. The summed E-state index contributed by atoms with van der Waals surface area (Å²) in [5.74, 6) is 1.15. The van der Waals surface area contributed by atoms with Gasteiger partial charge in [0.05, 0.1) is 12.9 Å². The first kappa shape index (κ1) is 33.8. The van der Waals surface area contributed by atoms with Gasteiger partial charge < -0.3 is 24.1 Å². The van der Waals surface area contributed by atoms with Gasteiger partial charge in [0.2, 0.25) is 18.4 Å². The van der Waals surface area contributed by atoms with Gasteiger partial charge in [0, 0.05) is 60.1 Å². The van der Waals surface area contributed by atoms with E-state index in [9.17, 15) is 13.4 Å². The number of carbonyl (C=O) groups is 1. The minimum atomic E-state index is -2.54. The maximum Gasteiger partial charge on any atom is 0.550 e. The Morgan fingerprint density at radius 2 is 1.84 bits per heavy atom. The van der Waals surface area contributed by atoms with Crippen molar-refractivity contribution in [3.05, 3.63) is 154 Å². The summed E-state index contributed by atoms with van der Waals surface area (Å²) in [6.07, 6.45) is 12.0. The molecule has 4 aromatic rings. The van der Waals surface area contributed by atoms with Crippen molar-refractivity contribution in [2.45, 2.75) is 37.5 Å². The quantitative estimate of drug-likeness (QED) is 0.154. The molecule has 3 heterocycles. The van der Waals surface area contributed by atoms with E-state index < -0.39 is 13.1 Å². The van der Waals surface area contributed by atoms with Crippen molar-refractivity contribution in [3.8, 4) is 17.2 Å². The van der Waals surface area contributed by atoms with Gasteiger partial charge in [0.15, 0.2) is 17.7 Å². The van der Waals surface area contributed by atoms with Gasteiger partial charge in [-0.2, -0.15) is 0 Å². The molecular weight excluding hydrogens is 647 g/mol. The zero-order chi connectivity index (χ0) is 35.2. The number of benzene rings is 3. The number of ether oxygens (including phenoxy) is 3. The first-order valence-corrected chi connectivity index (χ1v) is 17.2. The summed E-state index contributed by atoms with van der Waals surface area (Å²) < 4.78 is 45.4. The van der Waals surface area contributed by atoms with Crippen LogP contribution in [0, 0.1) is 0 Å². The average Bonchev–Trinajstić information content (AvgIpc) is 3.99. The maximum atomic E-state index is 14.2. The molecule has 2 atom stereocenters. The molecule has 7 nitrogen and oxygen atoms in total. The van der Waals surface area contributed by atoms with Gasteiger partial charge in [0.25, 0.3) is 0 Å². The van der Waals surface area contributed by atoms with E-state index in [4.69, 9.17) is 14.2 Å². The number of H-pyrrole nitrogens is 1. The van der Waals surface area contributed by atoms with Crippen LogP contribution >= 0.6 is 0 Å². The Bertz CT molecular complexity index is 2020. The van der Waals surface area contributed by atoms with Gasteiger partial charge >= 0.3 is 7.27 Å². The second-order valence-electron chi connectivity index (χ2n) is 12.8. The Morgan fingerprint density at radius 3 is 2.65 bits per heavy atom. The highest BCUT2D eigenvalue weighted by atomic mass is 19.2. The summed E-state index contributed by atoms with van der Waals surface area (Å²) >= 11 is 0. The third-order valence-corrected chi connectivity index (χ3v) is 9.58. The monoisotopic (exact) mass is 686 g/mol. The topological polar surface area (TPSA) is 77.8 Å². The highest BCUT2D eigenvalue weighted by Crippen LogP contribution is 2.41. The summed E-state index contributed by atoms with van der Waals surface area (Å²) in [5, 5.41) is 0. The number of methoxy groups -OCH3 is 1. The molecule has 2 unspecified atom stereocenters. The first-order valence-electron chi connectivity index (χ1n) is 17.2. The minimum absolute atomic E-state index is 0.0273. The molecule has 3 aromatic carbocycles. The maximum absolute atomic E-state index is 14.2. The van der Waals surface area contributed by atoms with E-state index in [1.165, 1.54) is 0 Å². The molecular formula is C41H39BF2N3O4+. The van der Waals surface area contributed by atoms with Crippen molar-refractivity contribution in [2.24, 2.45) is 0 Å². The Labute approximate surface area is 296 Å². The lowest BCUT2D eigenvalue weighted by molar-refractivity contribution is -0.381. The number of halogens is 2. The third-order valence-electron chi connectivity index (χ3n) is 9.58. The fourth-order valence-corrected chi connectivity index (χ4v) is 6.99. The fourth-order valence-electron chi connectivity index (χ4n) is 6.99. The number of para-hydroxylation sites is 1. The third kappa shape index (κ3) is 7.75. The van der Waals surface area contributed by atoms with E-state index in [1.807, 2.05) is 77.7 Å². The van der Waals surface area contributed by atoms with E-state index in [1.54, 1.807) is 43.7 Å². The second-order valence-corrected chi connectivity index (χ2v) is 12.8. The molecule has 0 bridgehead atoms. The number of hydrogen-bond acceptors (Lipinski definition) is 4. The lowest BCUT2D eigenvalue weighted by atomic mass is 9.70. The number of rotatable bonds is 13. The Hall–Kier alpha value is -5.64. The van der Waals surface area contributed by atoms with Crippen LogP contribution in [0.1, 0.15) is 46.8 Å². The second kappa shape index (κ2) is 15.5. The number of hydrogen-bond donors (Lipinski definition) is 2. The lowest BCUT2D eigenvalue weighted by Crippen LogP contribution is -2.64. The van der Waals surface area contributed by atoms with E-state index >= 15 is 0 Å². The molecule has 0 spiro atoms. The molecule has 51 heavy (non-hydrogen) atoms. The van der Waals surface area contributed by atoms with E-state index in [2.05, 4.69) is 22.1 Å². The van der Waals surface area contributed by atoms with Gasteiger partial charge in [-0.1, -0.05) is 66.7 Å². The summed E-state index contributed by atoms with van der Waals surface area (Å²) in [7, 11) is -0.871. The number of aryl methyl sites for hydroxylation is 1. The molecule has 0 saturated carbocycles. The number of amides is 1. The molecule has 1 aromatic heterocycles. The normalized spacial score (nSPS) is 18.5. The van der Waals surface area contributed by atoms with Crippen molar-refractivity contribution in [1.82, 2.24) is 9.88 Å². The van der Waals surface area contributed by atoms with Crippen LogP contribution in [0.5, 0.6) is 17.2 Å². The van der Waals surface area contributed by atoms with Crippen LogP contribution in [0.15, 0.2) is 126 Å². The van der Waals surface area contributed by atoms with Crippen LogP contribution in [0.4, 0.5) is 8.63 Å². The molecule has 7 rings (SSSR count). The summed E-state index contributed by atoms with van der Waals surface area (Å²) in [6, 6.07) is 27.8. The lowest BCUT2D eigenvalue weighted by Gasteiger charge is -2.27. The van der Waals surface area contributed by atoms with Crippen LogP contribution in [-0.2, 0) is 17.8 Å². The largest absolute Gasteiger partial charge is 0.550 e. The van der Waals surface area contributed by atoms with E-state index in [0.717, 1.165) is 39.6 Å². The molecule has 258 valence electrons. The molecule has 2 N–H and O–H groups in total. The van der Waals surface area contributed by atoms with Gasteiger partial charge in [-0.3, -0.25) is 13.4 Å². The van der Waals surface area contributed by atoms with E-state index in [0.29, 0.717) is 48.5 Å². The summed E-state index contributed by atoms with van der Waals surface area (Å²) in [5.41, 5.74) is 6.52. The highest BCUT2D eigenvalue weighted by molar-refractivity contribution is 6.47. The number of nitrogens with one attached hydrogen (secondary N) is 2. The molecule has 2 aliphatic heterocycles. The van der Waals surface area contributed by atoms with Gasteiger partial charge in [-0.05, 0) is 65.9 Å². The Kier molecular flexibility index (Phi) is 10.3. The van der Waals surface area contributed by atoms with Crippen molar-refractivity contribution in [2.75, 3.05) is 20.4 Å². The van der Waals surface area contributed by atoms with Gasteiger partial charge in [0.1, 0.15) is 5.75 Å². The van der Waals surface area contributed by atoms with Crippen molar-refractivity contribution in [1.29, 1.82) is 0 Å². The van der Waals surface area contributed by atoms with Crippen LogP contribution in [0.3, 0.4) is 0 Å². The van der Waals surface area contributed by atoms with Crippen LogP contribution in [-0.4, -0.2) is 49.7 Å². The van der Waals surface area contributed by atoms with Crippen molar-refractivity contribution < 1.29 is 32.6 Å². The standard InChI is InChI=1S/C41H38BF2N3O4/c1-49-37-12-6-5-10-34(37)33(29-14-19-38-39(25-29)51-27-50-38)21-23-47(26-28-8-3-2-4-9-28)40(48)20-17-31-15-16-32(46-31)24-30-13-18-35(41(30)42(43)44)36-11-7-22-45-36/h2-16,18-19,22,24-25,33,41,46H,17,20-21,23,26-27H2,1H3/p+1/b30-24-,36-35-. The summed E-state index contributed by atoms with van der Waals surface area (Å²) in [4.78, 5) is 22.3. The van der Waals surface area contributed by atoms with Crippen molar-refractivity contribution >= 4 is 25.5 Å². The Balaban J connectivity index is 1.08. The number of aromatic amines is 1. The molecule has 0 saturated heterocycles. The molecule has 3 aliphatic rings. The number of nitrogens with zero attached hydrogens (tertiary/aromatic N) is 1. The average molecular weight is 687 g/mol. The van der Waals surface area contributed by atoms with Gasteiger partial charge in [-0.15, -0.1) is 0 Å². The van der Waals surface area contributed by atoms with Crippen LogP contribution in [0.2, 0.25) is 5.82 Å². The SMILES string of the molecule is COc1ccccc1C(CCN(Cc1ccccc1)C(=O)CCc1ccc(/C=C2C=C/C(=C3\C=CC=[NH+]3)C/2B(F)F)[nH]1)c1ccc2c(c1)OCO2. The molecule has 0 radical (unpaired) electrons. The highest BCUT2D eigenvalue weighted by Gasteiger charge is 2.38. The number of carbonyl (C=O) groups excluding carboxylic acids is 1. The number of aromatic nitrogens is 1. The van der Waals surface area contributed by atoms with Crippen LogP contribution in [0.25, 0.3) is 6.08 Å². The zero-order valence-corrected chi connectivity index (χ0v) is 28.4. The summed E-state index contributed by atoms with van der Waals surface area (Å²) in [6.45, 7) is 1.18. The Morgan fingerprint density at radius 1 is 1.02 bits per heavy atom. The minimum Gasteiger partial charge on any atom is -0.496 e. The first-order chi connectivity index (χ1) is 25.0. The molecule has 1 amide bonds. The smallest absolute Gasteiger partial charge is 0.496 e. The molecule has 10 heteroatoms. The molecule has 0 fully saturated rings. The van der Waals surface area contributed by atoms with Gasteiger partial charge in [-0.25, -0.2) is 4.99 Å². The van der Waals surface area contributed by atoms with E-state index in [-0.39, 0.29) is 25.0 Å². The predicted octanol–water partition coefficient (Wildman–Crippen LogP) is 6.66. The van der Waals surface area contributed by atoms with Crippen molar-refractivity contribution in [3.63, 3.8) is 0 Å². The molecule has 1 aliphatic carbocycles.